The fraction of sp³-hybridized carbons (Fsp3) is 0.357. The highest BCUT2D eigenvalue weighted by Gasteiger charge is 2.23. The number of hydrogen-bond donors (Lipinski definition) is 0. The molecule has 6 heteroatoms. The monoisotopic (exact) mass is 474 g/mol. The van der Waals surface area contributed by atoms with Crippen LogP contribution in [0.5, 0.6) is 11.5 Å². The second-order valence-corrected chi connectivity index (χ2v) is 9.11. The van der Waals surface area contributed by atoms with Gasteiger partial charge in [-0.15, -0.1) is 0 Å². The normalized spacial score (nSPS) is 18.2. The lowest BCUT2D eigenvalue weighted by Crippen LogP contribution is -2.13. The minimum Gasteiger partial charge on any atom is -0.454 e. The van der Waals surface area contributed by atoms with Gasteiger partial charge in [0, 0.05) is 17.7 Å². The summed E-state index contributed by atoms with van der Waals surface area (Å²) in [6.45, 7) is 3.75. The molecule has 1 aliphatic carbocycles. The van der Waals surface area contributed by atoms with E-state index in [0.29, 0.717) is 29.2 Å². The summed E-state index contributed by atoms with van der Waals surface area (Å²) in [4.78, 5) is 0. The summed E-state index contributed by atoms with van der Waals surface area (Å²) in [5, 5.41) is 0. The molecule has 3 aromatic rings. The lowest BCUT2D eigenvalue weighted by Gasteiger charge is -2.28. The molecule has 0 saturated heterocycles. The van der Waals surface area contributed by atoms with Gasteiger partial charge >= 0.3 is 0 Å². The van der Waals surface area contributed by atoms with Crippen molar-refractivity contribution in [2.24, 2.45) is 5.92 Å². The Morgan fingerprint density at radius 2 is 1.38 bits per heavy atom. The molecular formula is C28H27F5O. The van der Waals surface area contributed by atoms with E-state index in [0.717, 1.165) is 24.8 Å². The van der Waals surface area contributed by atoms with Gasteiger partial charge in [-0.25, -0.2) is 17.6 Å². The summed E-state index contributed by atoms with van der Waals surface area (Å²) < 4.78 is 74.6. The van der Waals surface area contributed by atoms with Crippen molar-refractivity contribution < 1.29 is 26.7 Å². The Bertz CT molecular complexity index is 1140. The van der Waals surface area contributed by atoms with E-state index in [1.54, 1.807) is 0 Å². The van der Waals surface area contributed by atoms with Crippen LogP contribution in [0.1, 0.15) is 62.5 Å². The van der Waals surface area contributed by atoms with E-state index < -0.39 is 40.6 Å². The van der Waals surface area contributed by atoms with Crippen LogP contribution < -0.4 is 4.74 Å². The van der Waals surface area contributed by atoms with Gasteiger partial charge in [-0.1, -0.05) is 44.0 Å². The first kappa shape index (κ1) is 24.2. The first-order valence-corrected chi connectivity index (χ1v) is 11.7. The number of rotatable bonds is 6. The highest BCUT2D eigenvalue weighted by Crippen LogP contribution is 2.40. The van der Waals surface area contributed by atoms with Crippen molar-refractivity contribution in [1.29, 1.82) is 0 Å². The molecule has 0 amide bonds. The first-order valence-electron chi connectivity index (χ1n) is 11.7. The molecule has 1 nitrogen and oxygen atoms in total. The fourth-order valence-electron chi connectivity index (χ4n) is 4.95. The molecule has 0 heterocycles. The quantitative estimate of drug-likeness (QED) is 0.256. The predicted molar refractivity (Wildman–Crippen MR) is 123 cm³/mol. The van der Waals surface area contributed by atoms with E-state index in [2.05, 4.69) is 6.92 Å². The molecule has 0 bridgehead atoms. The summed E-state index contributed by atoms with van der Waals surface area (Å²) in [6.07, 6.45) is 7.26. The van der Waals surface area contributed by atoms with Crippen LogP contribution in [0.3, 0.4) is 0 Å². The highest BCUT2D eigenvalue weighted by atomic mass is 19.2. The SMILES string of the molecule is CCCC1CCC(c2ccc(-c3cc(F)c(F)c(Oc4cc(F)c(F)c(F)c4)c3C)cc2)CC1. The van der Waals surface area contributed by atoms with Crippen molar-refractivity contribution in [2.75, 3.05) is 0 Å². The van der Waals surface area contributed by atoms with E-state index in [-0.39, 0.29) is 5.56 Å². The zero-order chi connectivity index (χ0) is 24.4. The molecule has 1 saturated carbocycles. The Hall–Kier alpha value is -2.89. The highest BCUT2D eigenvalue weighted by molar-refractivity contribution is 5.70. The van der Waals surface area contributed by atoms with Crippen LogP contribution in [0.25, 0.3) is 11.1 Å². The van der Waals surface area contributed by atoms with Gasteiger partial charge in [0.1, 0.15) is 5.75 Å². The third kappa shape index (κ3) is 4.96. The smallest absolute Gasteiger partial charge is 0.201 e. The van der Waals surface area contributed by atoms with Crippen LogP contribution in [-0.4, -0.2) is 0 Å². The van der Waals surface area contributed by atoms with E-state index in [1.807, 2.05) is 24.3 Å². The minimum atomic E-state index is -1.66. The van der Waals surface area contributed by atoms with Crippen LogP contribution >= 0.6 is 0 Å². The van der Waals surface area contributed by atoms with E-state index in [9.17, 15) is 22.0 Å². The Balaban J connectivity index is 1.60. The number of halogens is 5. The zero-order valence-electron chi connectivity index (χ0n) is 19.2. The third-order valence-corrected chi connectivity index (χ3v) is 6.84. The Labute approximate surface area is 196 Å². The van der Waals surface area contributed by atoms with Crippen LogP contribution in [0.15, 0.2) is 42.5 Å². The maximum absolute atomic E-state index is 14.6. The molecule has 34 heavy (non-hydrogen) atoms. The molecule has 4 rings (SSSR count). The lowest BCUT2D eigenvalue weighted by molar-refractivity contribution is 0.308. The Morgan fingerprint density at radius 1 is 0.794 bits per heavy atom. The molecular weight excluding hydrogens is 447 g/mol. The van der Waals surface area contributed by atoms with Gasteiger partial charge in [-0.3, -0.25) is 0 Å². The predicted octanol–water partition coefficient (Wildman–Crippen LogP) is 9.22. The van der Waals surface area contributed by atoms with Gasteiger partial charge < -0.3 is 4.74 Å². The van der Waals surface area contributed by atoms with Crippen LogP contribution in [-0.2, 0) is 0 Å². The molecule has 0 unspecified atom stereocenters. The van der Waals surface area contributed by atoms with E-state index >= 15 is 0 Å². The second kappa shape index (κ2) is 10.2. The summed E-state index contributed by atoms with van der Waals surface area (Å²) >= 11 is 0. The largest absolute Gasteiger partial charge is 0.454 e. The number of hydrogen-bond acceptors (Lipinski definition) is 1. The fourth-order valence-corrected chi connectivity index (χ4v) is 4.95. The van der Waals surface area contributed by atoms with Crippen LogP contribution in [0.2, 0.25) is 0 Å². The van der Waals surface area contributed by atoms with Crippen molar-refractivity contribution in [3.05, 3.63) is 82.7 Å². The average Bonchev–Trinajstić information content (AvgIpc) is 2.83. The molecule has 0 aromatic heterocycles. The minimum absolute atomic E-state index is 0.261. The number of benzene rings is 3. The summed E-state index contributed by atoms with van der Waals surface area (Å²) in [5.74, 6) is -6.73. The molecule has 0 radical (unpaired) electrons. The maximum Gasteiger partial charge on any atom is 0.201 e. The van der Waals surface area contributed by atoms with E-state index in [4.69, 9.17) is 4.74 Å². The standard InChI is InChI=1S/C28H27F5O/c1-3-4-17-5-7-18(8-6-17)19-9-11-20(12-10-19)22-15-25(31)27(33)28(16(22)2)34-21-13-23(29)26(32)24(30)14-21/h9-15,17-18H,3-8H2,1-2H3. The van der Waals surface area contributed by atoms with Crippen LogP contribution in [0, 0.1) is 41.9 Å². The van der Waals surface area contributed by atoms with Crippen molar-refractivity contribution >= 4 is 0 Å². The van der Waals surface area contributed by atoms with Gasteiger partial charge in [-0.05, 0) is 67.2 Å². The molecule has 3 aromatic carbocycles. The molecule has 0 spiro atoms. The van der Waals surface area contributed by atoms with Crippen molar-refractivity contribution in [1.82, 2.24) is 0 Å². The van der Waals surface area contributed by atoms with Gasteiger partial charge in [0.25, 0.3) is 0 Å². The summed E-state index contributed by atoms with van der Waals surface area (Å²) in [6, 6.07) is 10.0. The average molecular weight is 475 g/mol. The van der Waals surface area contributed by atoms with Gasteiger partial charge in [-0.2, -0.15) is 4.39 Å². The first-order chi connectivity index (χ1) is 16.3. The summed E-state index contributed by atoms with van der Waals surface area (Å²) in [7, 11) is 0. The summed E-state index contributed by atoms with van der Waals surface area (Å²) in [5.41, 5.74) is 2.56. The molecule has 0 atom stereocenters. The second-order valence-electron chi connectivity index (χ2n) is 9.11. The van der Waals surface area contributed by atoms with Gasteiger partial charge in [0.2, 0.25) is 5.82 Å². The third-order valence-electron chi connectivity index (χ3n) is 6.84. The Morgan fingerprint density at radius 3 is 1.97 bits per heavy atom. The topological polar surface area (TPSA) is 9.23 Å². The number of ether oxygens (including phenoxy) is 1. The van der Waals surface area contributed by atoms with Crippen LogP contribution in [0.4, 0.5) is 22.0 Å². The zero-order valence-corrected chi connectivity index (χ0v) is 19.2. The molecule has 1 aliphatic rings. The van der Waals surface area contributed by atoms with Crippen molar-refractivity contribution in [2.45, 2.75) is 58.3 Å². The van der Waals surface area contributed by atoms with E-state index in [1.165, 1.54) is 38.2 Å². The molecule has 1 fully saturated rings. The molecule has 0 N–H and O–H groups in total. The molecule has 0 aliphatic heterocycles. The van der Waals surface area contributed by atoms with Gasteiger partial charge in [0.05, 0.1) is 0 Å². The van der Waals surface area contributed by atoms with Gasteiger partial charge in [0.15, 0.2) is 29.0 Å². The van der Waals surface area contributed by atoms with Crippen molar-refractivity contribution in [3.8, 4) is 22.6 Å². The Kier molecular flexibility index (Phi) is 7.24. The maximum atomic E-state index is 14.6. The molecule has 180 valence electrons. The lowest BCUT2D eigenvalue weighted by atomic mass is 9.77. The van der Waals surface area contributed by atoms with Crippen molar-refractivity contribution in [3.63, 3.8) is 0 Å².